The quantitative estimate of drug-likeness (QED) is 0.466. The molecule has 0 aliphatic carbocycles. The van der Waals surface area contributed by atoms with Crippen LogP contribution in [0.4, 0.5) is 5.69 Å². The highest BCUT2D eigenvalue weighted by molar-refractivity contribution is 9.10. The molecule has 0 atom stereocenters. The van der Waals surface area contributed by atoms with Crippen molar-refractivity contribution in [3.63, 3.8) is 0 Å². The molecule has 0 spiro atoms. The first-order chi connectivity index (χ1) is 9.49. The molecule has 6 nitrogen and oxygen atoms in total. The van der Waals surface area contributed by atoms with Crippen LogP contribution in [0.5, 0.6) is 11.6 Å². The number of nitro benzene ring substituents is 1. The third kappa shape index (κ3) is 3.43. The van der Waals surface area contributed by atoms with Crippen LogP contribution in [0.2, 0.25) is 5.15 Å². The maximum absolute atomic E-state index is 11.0. The summed E-state index contributed by atoms with van der Waals surface area (Å²) in [4.78, 5) is 18.6. The van der Waals surface area contributed by atoms with Crippen molar-refractivity contribution in [1.82, 2.24) is 9.97 Å². The topological polar surface area (TPSA) is 78.2 Å². The number of hydrogen-bond acceptors (Lipinski definition) is 5. The predicted octanol–water partition coefficient (Wildman–Crippen LogP) is 4.16. The van der Waals surface area contributed by atoms with Gasteiger partial charge in [0.1, 0.15) is 11.0 Å². The molecule has 1 heterocycles. The number of nitro groups is 1. The SMILES string of the molecule is CCc1nc(Cl)cc(Oc2ccc(Br)cc2[N+](=O)[O-])n1. The molecule has 0 saturated heterocycles. The predicted molar refractivity (Wildman–Crippen MR) is 77.3 cm³/mol. The van der Waals surface area contributed by atoms with Crippen molar-refractivity contribution in [2.45, 2.75) is 13.3 Å². The van der Waals surface area contributed by atoms with E-state index in [1.165, 1.54) is 18.2 Å². The third-order valence-corrected chi connectivity index (χ3v) is 3.05. The highest BCUT2D eigenvalue weighted by Crippen LogP contribution is 2.33. The first-order valence-electron chi connectivity index (χ1n) is 5.65. The van der Waals surface area contributed by atoms with Crippen molar-refractivity contribution in [2.24, 2.45) is 0 Å². The number of aryl methyl sites for hydroxylation is 1. The lowest BCUT2D eigenvalue weighted by atomic mass is 10.3. The minimum atomic E-state index is -0.524. The van der Waals surface area contributed by atoms with E-state index in [4.69, 9.17) is 16.3 Å². The van der Waals surface area contributed by atoms with E-state index in [0.717, 1.165) is 0 Å². The van der Waals surface area contributed by atoms with Crippen molar-refractivity contribution >= 4 is 33.2 Å². The second-order valence-corrected chi connectivity index (χ2v) is 5.07. The largest absolute Gasteiger partial charge is 0.432 e. The van der Waals surface area contributed by atoms with E-state index >= 15 is 0 Å². The van der Waals surface area contributed by atoms with Crippen LogP contribution in [0.3, 0.4) is 0 Å². The van der Waals surface area contributed by atoms with Crippen LogP contribution in [0, 0.1) is 10.1 Å². The minimum absolute atomic E-state index is 0.0926. The monoisotopic (exact) mass is 357 g/mol. The fourth-order valence-corrected chi connectivity index (χ4v) is 2.02. The zero-order valence-electron chi connectivity index (χ0n) is 10.3. The lowest BCUT2D eigenvalue weighted by molar-refractivity contribution is -0.385. The van der Waals surface area contributed by atoms with E-state index in [1.807, 2.05) is 6.92 Å². The molecule has 1 aromatic heterocycles. The summed E-state index contributed by atoms with van der Waals surface area (Å²) in [6.07, 6.45) is 0.583. The zero-order valence-corrected chi connectivity index (χ0v) is 12.7. The van der Waals surface area contributed by atoms with E-state index in [9.17, 15) is 10.1 Å². The molecule has 0 amide bonds. The van der Waals surface area contributed by atoms with Gasteiger partial charge in [0.15, 0.2) is 0 Å². The lowest BCUT2D eigenvalue weighted by Crippen LogP contribution is -1.98. The van der Waals surface area contributed by atoms with Crippen molar-refractivity contribution in [1.29, 1.82) is 0 Å². The number of rotatable bonds is 4. The Hall–Kier alpha value is -1.73. The van der Waals surface area contributed by atoms with Crippen molar-refractivity contribution in [2.75, 3.05) is 0 Å². The Morgan fingerprint density at radius 2 is 2.15 bits per heavy atom. The van der Waals surface area contributed by atoms with Crippen LogP contribution in [0.25, 0.3) is 0 Å². The first kappa shape index (κ1) is 14.7. The Labute approximate surface area is 128 Å². The van der Waals surface area contributed by atoms with Gasteiger partial charge in [-0.2, -0.15) is 4.98 Å². The first-order valence-corrected chi connectivity index (χ1v) is 6.82. The summed E-state index contributed by atoms with van der Waals surface area (Å²) < 4.78 is 6.04. The van der Waals surface area contributed by atoms with Crippen LogP contribution in [0.15, 0.2) is 28.7 Å². The number of nitrogens with zero attached hydrogens (tertiary/aromatic N) is 3. The summed E-state index contributed by atoms with van der Waals surface area (Å²) in [5.74, 6) is 0.773. The molecule has 0 N–H and O–H groups in total. The number of aromatic nitrogens is 2. The molecule has 0 fully saturated rings. The Morgan fingerprint density at radius 1 is 1.40 bits per heavy atom. The molecule has 0 radical (unpaired) electrons. The summed E-state index contributed by atoms with van der Waals surface area (Å²) in [7, 11) is 0. The summed E-state index contributed by atoms with van der Waals surface area (Å²) in [5, 5.41) is 11.2. The molecule has 0 bridgehead atoms. The maximum atomic E-state index is 11.0. The van der Waals surface area contributed by atoms with Crippen LogP contribution in [-0.2, 0) is 6.42 Å². The number of hydrogen-bond donors (Lipinski definition) is 0. The van der Waals surface area contributed by atoms with Crippen molar-refractivity contribution in [3.05, 3.63) is 49.8 Å². The van der Waals surface area contributed by atoms with Gasteiger partial charge >= 0.3 is 5.69 Å². The molecule has 0 aliphatic rings. The smallest absolute Gasteiger partial charge is 0.312 e. The molecule has 2 aromatic rings. The van der Waals surface area contributed by atoms with Gasteiger partial charge in [-0.1, -0.05) is 34.5 Å². The molecule has 0 unspecified atom stereocenters. The fraction of sp³-hybridized carbons (Fsp3) is 0.167. The summed E-state index contributed by atoms with van der Waals surface area (Å²) in [6, 6.07) is 5.90. The van der Waals surface area contributed by atoms with Crippen molar-refractivity contribution < 1.29 is 9.66 Å². The van der Waals surface area contributed by atoms with E-state index in [-0.39, 0.29) is 22.5 Å². The van der Waals surface area contributed by atoms with Crippen LogP contribution < -0.4 is 4.74 Å². The Bertz CT molecular complexity index is 666. The highest BCUT2D eigenvalue weighted by atomic mass is 79.9. The van der Waals surface area contributed by atoms with E-state index in [2.05, 4.69) is 25.9 Å². The van der Waals surface area contributed by atoms with Crippen LogP contribution in [-0.4, -0.2) is 14.9 Å². The lowest BCUT2D eigenvalue weighted by Gasteiger charge is -2.07. The summed E-state index contributed by atoms with van der Waals surface area (Å²) in [5.41, 5.74) is -0.160. The van der Waals surface area contributed by atoms with E-state index in [1.54, 1.807) is 6.07 Å². The molecular weight excluding hydrogens is 350 g/mol. The molecule has 0 aliphatic heterocycles. The molecule has 2 rings (SSSR count). The highest BCUT2D eigenvalue weighted by Gasteiger charge is 2.17. The third-order valence-electron chi connectivity index (χ3n) is 2.37. The van der Waals surface area contributed by atoms with E-state index in [0.29, 0.717) is 16.7 Å². The molecule has 104 valence electrons. The summed E-state index contributed by atoms with van der Waals surface area (Å²) in [6.45, 7) is 1.87. The van der Waals surface area contributed by atoms with Gasteiger partial charge in [-0.15, -0.1) is 0 Å². The van der Waals surface area contributed by atoms with Gasteiger partial charge in [-0.3, -0.25) is 10.1 Å². The van der Waals surface area contributed by atoms with Gasteiger partial charge in [-0.25, -0.2) is 4.98 Å². The van der Waals surface area contributed by atoms with Gasteiger partial charge in [0, 0.05) is 23.0 Å². The van der Waals surface area contributed by atoms with Gasteiger partial charge in [-0.05, 0) is 12.1 Å². The maximum Gasteiger partial charge on any atom is 0.312 e. The average Bonchev–Trinajstić information content (AvgIpc) is 2.40. The standard InChI is InChI=1S/C12H9BrClN3O3/c1-2-11-15-10(14)6-12(16-11)20-9-4-3-7(13)5-8(9)17(18)19/h3-6H,2H2,1H3. The molecule has 0 saturated carbocycles. The van der Waals surface area contributed by atoms with Gasteiger partial charge in [0.05, 0.1) is 4.92 Å². The zero-order chi connectivity index (χ0) is 14.7. The van der Waals surface area contributed by atoms with Crippen LogP contribution in [0.1, 0.15) is 12.7 Å². The molecule has 1 aromatic carbocycles. The molecule has 8 heteroatoms. The minimum Gasteiger partial charge on any atom is -0.432 e. The number of benzene rings is 1. The molecule has 20 heavy (non-hydrogen) atoms. The van der Waals surface area contributed by atoms with Gasteiger partial charge in [0.25, 0.3) is 0 Å². The second kappa shape index (κ2) is 6.15. The second-order valence-electron chi connectivity index (χ2n) is 3.77. The number of halogens is 2. The normalized spacial score (nSPS) is 10.3. The Balaban J connectivity index is 2.39. The van der Waals surface area contributed by atoms with Crippen LogP contribution >= 0.6 is 27.5 Å². The fourth-order valence-electron chi connectivity index (χ4n) is 1.48. The summed E-state index contributed by atoms with van der Waals surface area (Å²) >= 11 is 9.03. The Kier molecular flexibility index (Phi) is 4.51. The van der Waals surface area contributed by atoms with Gasteiger partial charge in [0.2, 0.25) is 11.6 Å². The molecular formula is C12H9BrClN3O3. The van der Waals surface area contributed by atoms with Crippen molar-refractivity contribution in [3.8, 4) is 11.6 Å². The van der Waals surface area contributed by atoms with E-state index < -0.39 is 4.92 Å². The number of ether oxygens (including phenoxy) is 1. The van der Waals surface area contributed by atoms with Gasteiger partial charge < -0.3 is 4.74 Å². The Morgan fingerprint density at radius 3 is 2.80 bits per heavy atom. The average molecular weight is 359 g/mol.